The smallest absolute Gasteiger partial charge is 0.435 e. The lowest BCUT2D eigenvalue weighted by atomic mass is 9.92. The second kappa shape index (κ2) is 22.2. The number of hydrogen-bond acceptors (Lipinski definition) is 10. The largest absolute Gasteiger partial charge is 0.494 e. The van der Waals surface area contributed by atoms with Crippen LogP contribution in [0.15, 0.2) is 89.0 Å². The van der Waals surface area contributed by atoms with Crippen molar-refractivity contribution in [3.63, 3.8) is 0 Å². The van der Waals surface area contributed by atoms with E-state index in [0.29, 0.717) is 36.0 Å². The fraction of sp³-hybridized carbons (Fsp3) is 0.465. The number of nitrogens with zero attached hydrogens (tertiary/aromatic N) is 3. The number of piperidine rings is 1. The minimum absolute atomic E-state index is 0.0220. The Bertz CT molecular complexity index is 1770. The first kappa shape index (κ1) is 44.1. The summed E-state index contributed by atoms with van der Waals surface area (Å²) < 4.78 is 22.3. The highest BCUT2D eigenvalue weighted by Gasteiger charge is 2.29. The molecule has 1 heterocycles. The number of likely N-dealkylation sites (tertiary alicyclic amines) is 1. The van der Waals surface area contributed by atoms with Gasteiger partial charge >= 0.3 is 18.2 Å². The minimum Gasteiger partial charge on any atom is -0.494 e. The molecule has 1 fully saturated rings. The van der Waals surface area contributed by atoms with Gasteiger partial charge in [-0.15, -0.1) is 0 Å². The molecule has 14 nitrogen and oxygen atoms in total. The molecule has 308 valence electrons. The van der Waals surface area contributed by atoms with E-state index in [9.17, 15) is 14.4 Å². The van der Waals surface area contributed by atoms with Crippen LogP contribution in [0, 0.1) is 11.8 Å². The van der Waals surface area contributed by atoms with Gasteiger partial charge in [0, 0.05) is 17.7 Å². The Morgan fingerprint density at radius 2 is 1.40 bits per heavy atom. The summed E-state index contributed by atoms with van der Waals surface area (Å²) in [5.41, 5.74) is 13.4. The molecule has 3 aromatic rings. The van der Waals surface area contributed by atoms with Crippen LogP contribution >= 0.6 is 0 Å². The number of amidine groups is 2. The number of amides is 2. The van der Waals surface area contributed by atoms with Crippen LogP contribution in [-0.4, -0.2) is 79.2 Å². The number of carbonyl (C=O) groups is 3. The molecule has 3 aromatic carbocycles. The average molecular weight is 787 g/mol. The highest BCUT2D eigenvalue weighted by molar-refractivity contribution is 6.02. The van der Waals surface area contributed by atoms with Gasteiger partial charge in [0.05, 0.1) is 13.2 Å². The van der Waals surface area contributed by atoms with Gasteiger partial charge in [0.15, 0.2) is 5.84 Å². The zero-order valence-corrected chi connectivity index (χ0v) is 33.8. The Morgan fingerprint density at radius 3 is 1.98 bits per heavy atom. The van der Waals surface area contributed by atoms with Crippen molar-refractivity contribution in [2.24, 2.45) is 33.5 Å². The maximum Gasteiger partial charge on any atom is 0.435 e. The third kappa shape index (κ3) is 16.2. The first-order valence-electron chi connectivity index (χ1n) is 19.5. The Balaban J connectivity index is 1.06. The number of ether oxygens (including phenoxy) is 4. The van der Waals surface area contributed by atoms with Gasteiger partial charge in [-0.3, -0.25) is 0 Å². The van der Waals surface area contributed by atoms with E-state index in [0.717, 1.165) is 63.1 Å². The number of carbonyl (C=O) groups excluding carboxylic acids is 3. The molecular formula is C43H58N6O8. The van der Waals surface area contributed by atoms with Gasteiger partial charge in [-0.1, -0.05) is 49.3 Å². The maximum absolute atomic E-state index is 12.6. The Hall–Kier alpha value is -5.63. The number of nitrogens with two attached hydrogens (primary N) is 2. The van der Waals surface area contributed by atoms with Crippen molar-refractivity contribution in [2.45, 2.75) is 85.0 Å². The van der Waals surface area contributed by atoms with Gasteiger partial charge in [-0.25, -0.2) is 14.4 Å². The number of hydrogen-bond donors (Lipinski definition) is 3. The van der Waals surface area contributed by atoms with Gasteiger partial charge in [0.2, 0.25) is 0 Å². The minimum atomic E-state index is -0.954. The molecule has 0 bridgehead atoms. The van der Waals surface area contributed by atoms with Crippen LogP contribution in [0.1, 0.15) is 83.4 Å². The number of alkyl carbamates (subject to hydrolysis) is 1. The summed E-state index contributed by atoms with van der Waals surface area (Å²) in [6.07, 6.45) is 3.87. The topological polar surface area (TPSA) is 189 Å². The van der Waals surface area contributed by atoms with Crippen LogP contribution in [-0.2, 0) is 25.7 Å². The lowest BCUT2D eigenvalue weighted by molar-refractivity contribution is -0.147. The lowest BCUT2D eigenvalue weighted by Gasteiger charge is -2.32. The second-order valence-electron chi connectivity index (χ2n) is 15.3. The summed E-state index contributed by atoms with van der Waals surface area (Å²) in [5.74, 6) is 1.23. The highest BCUT2D eigenvalue weighted by Crippen LogP contribution is 2.23. The normalized spacial score (nSPS) is 14.8. The van der Waals surface area contributed by atoms with Crippen molar-refractivity contribution >= 4 is 29.8 Å². The zero-order valence-electron chi connectivity index (χ0n) is 33.8. The van der Waals surface area contributed by atoms with Gasteiger partial charge < -0.3 is 45.5 Å². The quantitative estimate of drug-likeness (QED) is 0.0405. The molecule has 1 aliphatic rings. The lowest BCUT2D eigenvalue weighted by Crippen LogP contribution is -2.46. The summed E-state index contributed by atoms with van der Waals surface area (Å²) in [6, 6.07) is 22.7. The molecule has 5 N–H and O–H groups in total. The van der Waals surface area contributed by atoms with Crippen LogP contribution < -0.4 is 26.3 Å². The van der Waals surface area contributed by atoms with E-state index in [4.69, 9.17) is 35.3 Å². The first-order valence-corrected chi connectivity index (χ1v) is 19.5. The van der Waals surface area contributed by atoms with Crippen LogP contribution in [0.3, 0.4) is 0 Å². The summed E-state index contributed by atoms with van der Waals surface area (Å²) in [7, 11) is 0. The molecule has 0 aliphatic carbocycles. The van der Waals surface area contributed by atoms with Crippen LogP contribution in [0.25, 0.3) is 0 Å². The van der Waals surface area contributed by atoms with Gasteiger partial charge in [-0.05, 0) is 132 Å². The zero-order chi connectivity index (χ0) is 41.2. The van der Waals surface area contributed by atoms with E-state index >= 15 is 0 Å². The molecule has 4 rings (SSSR count). The number of rotatable bonds is 18. The molecule has 1 atom stereocenters. The van der Waals surface area contributed by atoms with Crippen LogP contribution in [0.5, 0.6) is 11.5 Å². The van der Waals surface area contributed by atoms with E-state index in [-0.39, 0.29) is 24.2 Å². The molecular weight excluding hydrogens is 729 g/mol. The number of nitrogens with one attached hydrogen (secondary N) is 1. The Kier molecular flexibility index (Phi) is 17.2. The van der Waals surface area contributed by atoms with E-state index < -0.39 is 29.8 Å². The van der Waals surface area contributed by atoms with Crippen molar-refractivity contribution in [3.8, 4) is 11.5 Å². The molecule has 1 aliphatic heterocycles. The van der Waals surface area contributed by atoms with Crippen molar-refractivity contribution in [1.82, 2.24) is 10.2 Å². The van der Waals surface area contributed by atoms with E-state index in [1.54, 1.807) is 71.0 Å². The predicted molar refractivity (Wildman–Crippen MR) is 219 cm³/mol. The van der Waals surface area contributed by atoms with Gasteiger partial charge in [0.1, 0.15) is 35.6 Å². The van der Waals surface area contributed by atoms with Crippen molar-refractivity contribution in [2.75, 3.05) is 32.8 Å². The molecule has 0 radical (unpaired) electrons. The standard InChI is InChI=1S/C43H58N6O8/c1-30(2)37(46-42(52)56-43(3,4)5)40(50)57-48-39(45)34-16-20-35(21-17-34)53-27-9-13-31-22-25-49(26-23-31)24-10-28-54-36-18-14-33(15-19-36)38(44)47-41(51)55-29-32-11-7-6-8-12-32/h6-8,11-12,14-21,30-31,37H,9-10,13,22-29H2,1-5H3,(H2,45,48)(H,46,52)(H2,44,47,51)/t37-/m1/s1. The van der Waals surface area contributed by atoms with E-state index in [1.807, 2.05) is 42.5 Å². The molecule has 2 amide bonds. The van der Waals surface area contributed by atoms with Crippen molar-refractivity contribution in [3.05, 3.63) is 95.6 Å². The molecule has 1 saturated heterocycles. The number of benzene rings is 3. The SMILES string of the molecule is CC(C)[C@@H](NC(=O)OC(C)(C)C)C(=O)O/N=C(\N)c1ccc(OCCCC2CCN(CCCOc3ccc(C(N)=NC(=O)OCc4ccccc4)cc3)CC2)cc1. The monoisotopic (exact) mass is 786 g/mol. The molecule has 0 saturated carbocycles. The highest BCUT2D eigenvalue weighted by atomic mass is 16.7. The predicted octanol–water partition coefficient (Wildman–Crippen LogP) is 6.78. The second-order valence-corrected chi connectivity index (χ2v) is 15.3. The van der Waals surface area contributed by atoms with Crippen molar-refractivity contribution < 1.29 is 38.2 Å². The van der Waals surface area contributed by atoms with Crippen molar-refractivity contribution in [1.29, 1.82) is 0 Å². The third-order valence-corrected chi connectivity index (χ3v) is 9.16. The summed E-state index contributed by atoms with van der Waals surface area (Å²) >= 11 is 0. The van der Waals surface area contributed by atoms with Crippen LogP contribution in [0.2, 0.25) is 0 Å². The fourth-order valence-electron chi connectivity index (χ4n) is 6.03. The number of aliphatic imine (C=N–C) groups is 1. The first-order chi connectivity index (χ1) is 27.3. The van der Waals surface area contributed by atoms with E-state index in [2.05, 4.69) is 20.4 Å². The van der Waals surface area contributed by atoms with Gasteiger partial charge in [0.25, 0.3) is 0 Å². The summed E-state index contributed by atoms with van der Waals surface area (Å²) in [6.45, 7) is 13.2. The molecule has 0 unspecified atom stereocenters. The average Bonchev–Trinajstić information content (AvgIpc) is 3.19. The van der Waals surface area contributed by atoms with Gasteiger partial charge in [-0.2, -0.15) is 4.99 Å². The fourth-order valence-corrected chi connectivity index (χ4v) is 6.03. The number of oxime groups is 1. The molecule has 0 spiro atoms. The third-order valence-electron chi connectivity index (χ3n) is 9.16. The molecule has 14 heteroatoms. The Morgan fingerprint density at radius 1 is 0.825 bits per heavy atom. The summed E-state index contributed by atoms with van der Waals surface area (Å²) in [4.78, 5) is 48.3. The summed E-state index contributed by atoms with van der Waals surface area (Å²) in [5, 5.41) is 6.32. The Labute approximate surface area is 335 Å². The van der Waals surface area contributed by atoms with Crippen LogP contribution in [0.4, 0.5) is 9.59 Å². The maximum atomic E-state index is 12.6. The van der Waals surface area contributed by atoms with E-state index in [1.165, 1.54) is 0 Å². The molecule has 0 aromatic heterocycles. The molecule has 57 heavy (non-hydrogen) atoms.